The highest BCUT2D eigenvalue weighted by Crippen LogP contribution is 2.33. The van der Waals surface area contributed by atoms with E-state index in [2.05, 4.69) is 16.0 Å². The molecule has 1 aromatic heterocycles. The molecular weight excluding hydrogens is 322 g/mol. The molecule has 6 nitrogen and oxygen atoms in total. The van der Waals surface area contributed by atoms with Gasteiger partial charge >= 0.3 is 0 Å². The zero-order chi connectivity index (χ0) is 15.9. The van der Waals surface area contributed by atoms with E-state index in [-0.39, 0.29) is 4.21 Å². The van der Waals surface area contributed by atoms with Crippen LogP contribution in [0, 0.1) is 6.92 Å². The molecule has 2 N–H and O–H groups in total. The van der Waals surface area contributed by atoms with E-state index in [1.54, 1.807) is 14.0 Å². The van der Waals surface area contributed by atoms with E-state index in [1.807, 2.05) is 12.1 Å². The number of hydrogen-bond acceptors (Lipinski definition) is 6. The number of methoxy groups -OCH3 is 1. The average Bonchev–Trinajstić information content (AvgIpc) is 2.88. The first-order valence-electron chi connectivity index (χ1n) is 6.79. The molecule has 0 fully saturated rings. The van der Waals surface area contributed by atoms with Crippen LogP contribution < -0.4 is 14.8 Å². The van der Waals surface area contributed by atoms with Crippen LogP contribution in [0.1, 0.15) is 16.8 Å². The van der Waals surface area contributed by atoms with E-state index in [0.717, 1.165) is 30.1 Å². The summed E-state index contributed by atoms with van der Waals surface area (Å²) in [6.07, 6.45) is 0.892. The molecule has 0 radical (unpaired) electrons. The first-order chi connectivity index (χ1) is 10.4. The van der Waals surface area contributed by atoms with Gasteiger partial charge in [0.1, 0.15) is 5.75 Å². The highest BCUT2D eigenvalue weighted by molar-refractivity contribution is 7.91. The van der Waals surface area contributed by atoms with Crippen LogP contribution in [0.15, 0.2) is 22.4 Å². The van der Waals surface area contributed by atoms with Gasteiger partial charge in [0.15, 0.2) is 9.34 Å². The number of fused-ring (bicyclic) bond motifs is 1. The second-order valence-electron chi connectivity index (χ2n) is 5.22. The number of thiazole rings is 1. The number of primary sulfonamides is 1. The minimum atomic E-state index is -3.71. The lowest BCUT2D eigenvalue weighted by atomic mass is 10.00. The van der Waals surface area contributed by atoms with Crippen molar-refractivity contribution < 1.29 is 13.2 Å². The lowest BCUT2D eigenvalue weighted by Gasteiger charge is -2.28. The van der Waals surface area contributed by atoms with Crippen molar-refractivity contribution >= 4 is 26.5 Å². The van der Waals surface area contributed by atoms with Crippen LogP contribution in [0.2, 0.25) is 0 Å². The van der Waals surface area contributed by atoms with Gasteiger partial charge in [-0.3, -0.25) is 0 Å². The number of nitrogens with two attached hydrogens (primary N) is 1. The molecule has 0 unspecified atom stereocenters. The fraction of sp³-hybridized carbons (Fsp3) is 0.357. The molecule has 0 atom stereocenters. The molecule has 1 aliphatic rings. The largest absolute Gasteiger partial charge is 0.497 e. The van der Waals surface area contributed by atoms with Crippen LogP contribution in [-0.2, 0) is 23.0 Å². The summed E-state index contributed by atoms with van der Waals surface area (Å²) in [4.78, 5) is 6.45. The quantitative estimate of drug-likeness (QED) is 0.919. The number of aryl methyl sites for hydroxylation is 1. The van der Waals surface area contributed by atoms with Crippen molar-refractivity contribution in [3.05, 3.63) is 35.0 Å². The average molecular weight is 339 g/mol. The van der Waals surface area contributed by atoms with Crippen molar-refractivity contribution in [2.24, 2.45) is 5.14 Å². The summed E-state index contributed by atoms with van der Waals surface area (Å²) >= 11 is 1.13. The maximum absolute atomic E-state index is 11.5. The molecule has 2 aromatic rings. The van der Waals surface area contributed by atoms with Crippen LogP contribution in [0.5, 0.6) is 5.75 Å². The Morgan fingerprint density at radius 2 is 2.14 bits per heavy atom. The summed E-state index contributed by atoms with van der Waals surface area (Å²) in [6, 6.07) is 6.05. The van der Waals surface area contributed by atoms with Gasteiger partial charge in [-0.2, -0.15) is 0 Å². The highest BCUT2D eigenvalue weighted by Gasteiger charge is 2.23. The molecule has 0 bridgehead atoms. The van der Waals surface area contributed by atoms with Crippen molar-refractivity contribution in [2.45, 2.75) is 24.1 Å². The van der Waals surface area contributed by atoms with Gasteiger partial charge in [-0.25, -0.2) is 18.5 Å². The summed E-state index contributed by atoms with van der Waals surface area (Å²) < 4.78 is 28.5. The first kappa shape index (κ1) is 15.3. The van der Waals surface area contributed by atoms with Crippen molar-refractivity contribution in [2.75, 3.05) is 18.6 Å². The molecule has 0 aliphatic carbocycles. The SMILES string of the molecule is COc1ccc2c(c1)CN(c1nc(C)c(S(N)(=O)=O)s1)CC2. The van der Waals surface area contributed by atoms with Crippen molar-refractivity contribution in [3.8, 4) is 5.75 Å². The Bertz CT molecular complexity index is 815. The third-order valence-electron chi connectivity index (χ3n) is 3.70. The molecule has 0 saturated heterocycles. The maximum atomic E-state index is 11.5. The Balaban J connectivity index is 1.91. The molecule has 3 rings (SSSR count). The van der Waals surface area contributed by atoms with E-state index in [1.165, 1.54) is 11.1 Å². The number of anilines is 1. The number of sulfonamides is 1. The number of nitrogens with zero attached hydrogens (tertiary/aromatic N) is 2. The predicted molar refractivity (Wildman–Crippen MR) is 86.0 cm³/mol. The second kappa shape index (κ2) is 5.53. The molecule has 0 saturated carbocycles. The summed E-state index contributed by atoms with van der Waals surface area (Å²) in [5.74, 6) is 0.821. The standard InChI is InChI=1S/C14H17N3O3S2/c1-9-13(22(15,18)19)21-14(16-9)17-6-5-10-3-4-12(20-2)7-11(10)8-17/h3-4,7H,5-6,8H2,1-2H3,(H2,15,18,19). The first-order valence-corrected chi connectivity index (χ1v) is 9.16. The van der Waals surface area contributed by atoms with Gasteiger partial charge < -0.3 is 9.64 Å². The Labute approximate surface area is 133 Å². The van der Waals surface area contributed by atoms with E-state index in [4.69, 9.17) is 9.88 Å². The van der Waals surface area contributed by atoms with Crippen molar-refractivity contribution in [1.29, 1.82) is 0 Å². The Kier molecular flexibility index (Phi) is 3.84. The van der Waals surface area contributed by atoms with Crippen LogP contribution >= 0.6 is 11.3 Å². The Hall–Kier alpha value is -1.64. The van der Waals surface area contributed by atoms with Crippen LogP contribution in [0.4, 0.5) is 5.13 Å². The van der Waals surface area contributed by atoms with Gasteiger partial charge in [0.2, 0.25) is 10.0 Å². The summed E-state index contributed by atoms with van der Waals surface area (Å²) in [6.45, 7) is 3.15. The normalized spacial score (nSPS) is 14.8. The predicted octanol–water partition coefficient (Wildman–Crippen LogP) is 1.67. The maximum Gasteiger partial charge on any atom is 0.249 e. The van der Waals surface area contributed by atoms with Gasteiger partial charge in [-0.15, -0.1) is 0 Å². The van der Waals surface area contributed by atoms with Gasteiger partial charge in [0.05, 0.1) is 12.8 Å². The molecule has 1 aliphatic heterocycles. The van der Waals surface area contributed by atoms with E-state index in [9.17, 15) is 8.42 Å². The van der Waals surface area contributed by atoms with Gasteiger partial charge in [-0.1, -0.05) is 17.4 Å². The summed E-state index contributed by atoms with van der Waals surface area (Å²) in [5.41, 5.74) is 2.92. The number of ether oxygens (including phenoxy) is 1. The van der Waals surface area contributed by atoms with E-state index in [0.29, 0.717) is 17.4 Å². The zero-order valence-electron chi connectivity index (χ0n) is 12.4. The fourth-order valence-electron chi connectivity index (χ4n) is 2.59. The number of aromatic nitrogens is 1. The number of benzene rings is 1. The Morgan fingerprint density at radius 3 is 2.77 bits per heavy atom. The Morgan fingerprint density at radius 1 is 1.36 bits per heavy atom. The fourth-order valence-corrected chi connectivity index (χ4v) is 4.56. The lowest BCUT2D eigenvalue weighted by Crippen LogP contribution is -2.30. The third-order valence-corrected chi connectivity index (χ3v) is 6.47. The minimum absolute atomic E-state index is 0.138. The summed E-state index contributed by atoms with van der Waals surface area (Å²) in [7, 11) is -2.07. The topological polar surface area (TPSA) is 85.5 Å². The van der Waals surface area contributed by atoms with Crippen LogP contribution in [-0.4, -0.2) is 27.1 Å². The van der Waals surface area contributed by atoms with Gasteiger partial charge in [-0.05, 0) is 36.6 Å². The molecule has 0 amide bonds. The van der Waals surface area contributed by atoms with E-state index >= 15 is 0 Å². The van der Waals surface area contributed by atoms with Crippen molar-refractivity contribution in [3.63, 3.8) is 0 Å². The van der Waals surface area contributed by atoms with Gasteiger partial charge in [0.25, 0.3) is 0 Å². The highest BCUT2D eigenvalue weighted by atomic mass is 32.2. The molecule has 2 heterocycles. The van der Waals surface area contributed by atoms with Crippen LogP contribution in [0.25, 0.3) is 0 Å². The van der Waals surface area contributed by atoms with Gasteiger partial charge in [0, 0.05) is 13.1 Å². The summed E-state index contributed by atoms with van der Waals surface area (Å²) in [5, 5.41) is 5.91. The van der Waals surface area contributed by atoms with Crippen LogP contribution in [0.3, 0.4) is 0 Å². The smallest absolute Gasteiger partial charge is 0.249 e. The molecular formula is C14H17N3O3S2. The molecule has 118 valence electrons. The monoisotopic (exact) mass is 339 g/mol. The minimum Gasteiger partial charge on any atom is -0.497 e. The number of hydrogen-bond donors (Lipinski definition) is 1. The molecule has 0 spiro atoms. The number of rotatable bonds is 3. The second-order valence-corrected chi connectivity index (χ2v) is 7.95. The van der Waals surface area contributed by atoms with Crippen molar-refractivity contribution in [1.82, 2.24) is 4.98 Å². The van der Waals surface area contributed by atoms with E-state index < -0.39 is 10.0 Å². The third kappa shape index (κ3) is 2.81. The molecule has 22 heavy (non-hydrogen) atoms. The zero-order valence-corrected chi connectivity index (χ0v) is 14.0. The molecule has 8 heteroatoms. The molecule has 1 aromatic carbocycles. The lowest BCUT2D eigenvalue weighted by molar-refractivity contribution is 0.413.